The molecule has 56 valence electrons. The van der Waals surface area contributed by atoms with Crippen LogP contribution in [0.25, 0.3) is 0 Å². The van der Waals surface area contributed by atoms with Gasteiger partial charge >= 0.3 is 0 Å². The molecule has 0 saturated heterocycles. The van der Waals surface area contributed by atoms with Gasteiger partial charge in [0.1, 0.15) is 0 Å². The molecule has 0 amide bonds. The van der Waals surface area contributed by atoms with Gasteiger partial charge in [0.25, 0.3) is 0 Å². The highest BCUT2D eigenvalue weighted by Gasteiger charge is 2.20. The average molecular weight is 137 g/mol. The first-order valence-electron chi connectivity index (χ1n) is 3.72. The van der Waals surface area contributed by atoms with Crippen LogP contribution in [0.15, 0.2) is 16.1 Å². The van der Waals surface area contributed by atoms with Gasteiger partial charge in [-0.15, -0.1) is 0 Å². The zero-order valence-electron chi connectivity index (χ0n) is 7.23. The monoisotopic (exact) mass is 137 g/mol. The summed E-state index contributed by atoms with van der Waals surface area (Å²) in [6, 6.07) is 0. The van der Waals surface area contributed by atoms with Crippen LogP contribution in [0.1, 0.15) is 27.7 Å². The maximum atomic E-state index is 4.21. The molecule has 0 unspecified atom stereocenters. The van der Waals surface area contributed by atoms with E-state index in [0.29, 0.717) is 5.41 Å². The molecule has 0 aliphatic carbocycles. The Balaban J connectivity index is 2.86. The lowest BCUT2D eigenvalue weighted by molar-refractivity contribution is 0.496. The highest BCUT2D eigenvalue weighted by Crippen LogP contribution is 2.29. The van der Waals surface area contributed by atoms with Gasteiger partial charge in [0.05, 0.1) is 6.54 Å². The van der Waals surface area contributed by atoms with Gasteiger partial charge < -0.3 is 0 Å². The highest BCUT2D eigenvalue weighted by molar-refractivity contribution is 5.82. The minimum absolute atomic E-state index is 0.306. The van der Waals surface area contributed by atoms with Crippen molar-refractivity contribution < 1.29 is 0 Å². The predicted octanol–water partition coefficient (Wildman–Crippen LogP) is 2.43. The molecule has 0 fully saturated rings. The molecular formula is C9H15N. The fourth-order valence-electron chi connectivity index (χ4n) is 1.31. The van der Waals surface area contributed by atoms with Crippen LogP contribution in [0.4, 0.5) is 0 Å². The van der Waals surface area contributed by atoms with Crippen molar-refractivity contribution in [3.8, 4) is 0 Å². The maximum absolute atomic E-state index is 4.21. The Hall–Kier alpha value is -0.590. The van der Waals surface area contributed by atoms with Crippen LogP contribution < -0.4 is 0 Å². The van der Waals surface area contributed by atoms with E-state index in [1.165, 1.54) is 11.1 Å². The third kappa shape index (κ3) is 1.28. The Kier molecular flexibility index (Phi) is 1.67. The Morgan fingerprint density at radius 3 is 2.20 bits per heavy atom. The summed E-state index contributed by atoms with van der Waals surface area (Å²) in [5.41, 5.74) is 3.14. The number of hydrogen-bond acceptors (Lipinski definition) is 1. The van der Waals surface area contributed by atoms with Crippen molar-refractivity contribution in [2.45, 2.75) is 27.7 Å². The fourth-order valence-corrected chi connectivity index (χ4v) is 1.31. The van der Waals surface area contributed by atoms with Crippen LogP contribution >= 0.6 is 0 Å². The van der Waals surface area contributed by atoms with Crippen molar-refractivity contribution in [2.75, 3.05) is 6.54 Å². The van der Waals surface area contributed by atoms with Crippen LogP contribution in [0.3, 0.4) is 0 Å². The Morgan fingerprint density at radius 1 is 1.40 bits per heavy atom. The molecule has 1 aliphatic heterocycles. The lowest BCUT2D eigenvalue weighted by atomic mass is 9.85. The number of hydrogen-bond donors (Lipinski definition) is 0. The normalized spacial score (nSPS) is 18.8. The Bertz CT molecular complexity index is 191. The van der Waals surface area contributed by atoms with Crippen molar-refractivity contribution in [1.29, 1.82) is 0 Å². The maximum Gasteiger partial charge on any atom is 0.0610 e. The van der Waals surface area contributed by atoms with E-state index < -0.39 is 0 Å². The van der Waals surface area contributed by atoms with E-state index in [1.807, 2.05) is 6.21 Å². The molecule has 0 atom stereocenters. The number of rotatable bonds is 0. The van der Waals surface area contributed by atoms with E-state index in [-0.39, 0.29) is 0 Å². The molecule has 10 heavy (non-hydrogen) atoms. The van der Waals surface area contributed by atoms with Crippen molar-refractivity contribution in [2.24, 2.45) is 10.4 Å². The minimum atomic E-state index is 0.306. The van der Waals surface area contributed by atoms with Crippen LogP contribution in [0.5, 0.6) is 0 Å². The van der Waals surface area contributed by atoms with Crippen molar-refractivity contribution in [3.05, 3.63) is 11.1 Å². The molecule has 0 aromatic rings. The molecule has 1 heterocycles. The number of nitrogens with zero attached hydrogens (tertiary/aromatic N) is 1. The molecule has 0 aromatic carbocycles. The largest absolute Gasteiger partial charge is 0.288 e. The SMILES string of the molecule is CC1=C(C(C)(C)C)CN=C1. The second-order valence-electron chi connectivity index (χ2n) is 3.88. The average Bonchev–Trinajstić information content (AvgIpc) is 2.11. The summed E-state index contributed by atoms with van der Waals surface area (Å²) in [6.45, 7) is 9.76. The molecule has 1 heteroatoms. The van der Waals surface area contributed by atoms with Gasteiger partial charge in [-0.3, -0.25) is 4.99 Å². The minimum Gasteiger partial charge on any atom is -0.288 e. The summed E-state index contributed by atoms with van der Waals surface area (Å²) in [6.07, 6.45) is 1.97. The number of allylic oxidation sites excluding steroid dienone is 1. The zero-order valence-corrected chi connectivity index (χ0v) is 7.23. The summed E-state index contributed by atoms with van der Waals surface area (Å²) in [4.78, 5) is 4.21. The molecule has 1 rings (SSSR count). The molecular weight excluding hydrogens is 122 g/mol. The zero-order chi connectivity index (χ0) is 7.78. The van der Waals surface area contributed by atoms with Crippen LogP contribution in [-0.2, 0) is 0 Å². The van der Waals surface area contributed by atoms with E-state index >= 15 is 0 Å². The van der Waals surface area contributed by atoms with E-state index in [1.54, 1.807) is 0 Å². The first-order valence-corrected chi connectivity index (χ1v) is 3.72. The molecule has 0 spiro atoms. The van der Waals surface area contributed by atoms with Crippen molar-refractivity contribution in [1.82, 2.24) is 0 Å². The van der Waals surface area contributed by atoms with Gasteiger partial charge in [-0.25, -0.2) is 0 Å². The third-order valence-corrected chi connectivity index (χ3v) is 1.92. The molecule has 0 radical (unpaired) electrons. The Labute approximate surface area is 62.9 Å². The van der Waals surface area contributed by atoms with Crippen molar-refractivity contribution in [3.63, 3.8) is 0 Å². The van der Waals surface area contributed by atoms with E-state index in [0.717, 1.165) is 6.54 Å². The summed E-state index contributed by atoms with van der Waals surface area (Å²) in [7, 11) is 0. The predicted molar refractivity (Wildman–Crippen MR) is 45.5 cm³/mol. The summed E-state index contributed by atoms with van der Waals surface area (Å²) < 4.78 is 0. The standard InChI is InChI=1S/C9H15N/c1-7-5-10-6-8(7)9(2,3)4/h5H,6H2,1-4H3. The lowest BCUT2D eigenvalue weighted by Gasteiger charge is -2.20. The summed E-state index contributed by atoms with van der Waals surface area (Å²) >= 11 is 0. The molecule has 0 N–H and O–H groups in total. The molecule has 0 saturated carbocycles. The fraction of sp³-hybridized carbons (Fsp3) is 0.667. The van der Waals surface area contributed by atoms with Crippen LogP contribution in [-0.4, -0.2) is 12.8 Å². The van der Waals surface area contributed by atoms with Crippen molar-refractivity contribution >= 4 is 6.21 Å². The first kappa shape index (κ1) is 7.52. The van der Waals surface area contributed by atoms with Gasteiger partial charge in [-0.05, 0) is 23.5 Å². The topological polar surface area (TPSA) is 12.4 Å². The molecule has 1 nitrogen and oxygen atoms in total. The van der Waals surface area contributed by atoms with Gasteiger partial charge in [-0.2, -0.15) is 0 Å². The van der Waals surface area contributed by atoms with Gasteiger partial charge in [0.2, 0.25) is 0 Å². The van der Waals surface area contributed by atoms with Gasteiger partial charge in [0.15, 0.2) is 0 Å². The third-order valence-electron chi connectivity index (χ3n) is 1.92. The number of aliphatic imine (C=N–C) groups is 1. The van der Waals surface area contributed by atoms with Gasteiger partial charge in [-0.1, -0.05) is 20.8 Å². The van der Waals surface area contributed by atoms with Crippen LogP contribution in [0, 0.1) is 5.41 Å². The highest BCUT2D eigenvalue weighted by atomic mass is 14.7. The first-order chi connectivity index (χ1) is 4.52. The lowest BCUT2D eigenvalue weighted by Crippen LogP contribution is -2.11. The van der Waals surface area contributed by atoms with E-state index in [9.17, 15) is 0 Å². The summed E-state index contributed by atoms with van der Waals surface area (Å²) in [5.74, 6) is 0. The molecule has 0 bridgehead atoms. The van der Waals surface area contributed by atoms with Crippen LogP contribution in [0.2, 0.25) is 0 Å². The van der Waals surface area contributed by atoms with Gasteiger partial charge in [0, 0.05) is 6.21 Å². The smallest absolute Gasteiger partial charge is 0.0610 e. The van der Waals surface area contributed by atoms with E-state index in [4.69, 9.17) is 0 Å². The molecule has 1 aliphatic rings. The Morgan fingerprint density at radius 2 is 2.00 bits per heavy atom. The quantitative estimate of drug-likeness (QED) is 0.486. The summed E-state index contributed by atoms with van der Waals surface area (Å²) in [5, 5.41) is 0. The second kappa shape index (κ2) is 2.22. The second-order valence-corrected chi connectivity index (χ2v) is 3.88. The van der Waals surface area contributed by atoms with E-state index in [2.05, 4.69) is 32.7 Å². The molecule has 0 aromatic heterocycles.